The lowest BCUT2D eigenvalue weighted by atomic mass is 10.0. The van der Waals surface area contributed by atoms with Gasteiger partial charge in [0.1, 0.15) is 0 Å². The number of aryl methyl sites for hydroxylation is 2. The van der Waals surface area contributed by atoms with Gasteiger partial charge in [0.25, 0.3) is 5.91 Å². The molecule has 3 rings (SSSR count). The van der Waals surface area contributed by atoms with Crippen LogP contribution in [0.1, 0.15) is 32.9 Å². The van der Waals surface area contributed by atoms with Crippen LogP contribution < -0.4 is 10.5 Å². The van der Waals surface area contributed by atoms with E-state index in [0.717, 1.165) is 11.1 Å². The van der Waals surface area contributed by atoms with Gasteiger partial charge >= 0.3 is 0 Å². The van der Waals surface area contributed by atoms with Gasteiger partial charge in [0.2, 0.25) is 0 Å². The lowest BCUT2D eigenvalue weighted by Gasteiger charge is -2.06. The first-order chi connectivity index (χ1) is 12.6. The molecule has 0 bridgehead atoms. The maximum Gasteiger partial charge on any atom is 0.252 e. The van der Waals surface area contributed by atoms with Crippen LogP contribution in [0.25, 0.3) is 0 Å². The second kappa shape index (κ2) is 7.77. The van der Waals surface area contributed by atoms with E-state index in [1.54, 1.807) is 24.5 Å². The largest absolute Gasteiger partial charge is 0.494 e. The van der Waals surface area contributed by atoms with Crippen molar-refractivity contribution in [2.24, 2.45) is 5.73 Å². The Hall–Kier alpha value is -3.22. The molecule has 0 atom stereocenters. The van der Waals surface area contributed by atoms with Crippen LogP contribution in [-0.2, 0) is 19.3 Å². The number of nitrogens with one attached hydrogen (secondary N) is 1. The zero-order valence-corrected chi connectivity index (χ0v) is 14.3. The number of aromatic amines is 1. The summed E-state index contributed by atoms with van der Waals surface area (Å²) < 4.78 is 18.5. The molecule has 0 aliphatic rings. The van der Waals surface area contributed by atoms with Crippen LogP contribution in [-0.4, -0.2) is 28.2 Å². The molecule has 7 heteroatoms. The Balaban J connectivity index is 1.79. The van der Waals surface area contributed by atoms with Gasteiger partial charge in [0.15, 0.2) is 11.6 Å². The molecule has 0 unspecified atom stereocenters. The SMILES string of the molecule is COc1cc(CCc2n[nH]c(Cc3cccnc3)c2C(N)=O)ccc1F. The molecule has 2 aromatic heterocycles. The highest BCUT2D eigenvalue weighted by atomic mass is 19.1. The number of carbonyl (C=O) groups excluding carboxylic acids is 1. The second-order valence-electron chi connectivity index (χ2n) is 5.90. The number of primary amides is 1. The number of hydrogen-bond donors (Lipinski definition) is 2. The van der Waals surface area contributed by atoms with E-state index >= 15 is 0 Å². The fraction of sp³-hybridized carbons (Fsp3) is 0.211. The fourth-order valence-corrected chi connectivity index (χ4v) is 2.85. The molecule has 0 saturated heterocycles. The smallest absolute Gasteiger partial charge is 0.252 e. The third-order valence-electron chi connectivity index (χ3n) is 4.13. The van der Waals surface area contributed by atoms with Gasteiger partial charge < -0.3 is 10.5 Å². The second-order valence-corrected chi connectivity index (χ2v) is 5.90. The van der Waals surface area contributed by atoms with E-state index in [1.807, 2.05) is 12.1 Å². The summed E-state index contributed by atoms with van der Waals surface area (Å²) in [7, 11) is 1.42. The lowest BCUT2D eigenvalue weighted by molar-refractivity contribution is 0.0998. The van der Waals surface area contributed by atoms with Crippen molar-refractivity contribution in [3.8, 4) is 5.75 Å². The first-order valence-electron chi connectivity index (χ1n) is 8.15. The third-order valence-corrected chi connectivity index (χ3v) is 4.13. The van der Waals surface area contributed by atoms with Crippen molar-refractivity contribution < 1.29 is 13.9 Å². The topological polar surface area (TPSA) is 93.9 Å². The molecule has 0 aliphatic heterocycles. The van der Waals surface area contributed by atoms with Gasteiger partial charge in [-0.25, -0.2) is 4.39 Å². The number of pyridine rings is 1. The monoisotopic (exact) mass is 354 g/mol. The minimum Gasteiger partial charge on any atom is -0.494 e. The first-order valence-corrected chi connectivity index (χ1v) is 8.15. The zero-order valence-electron chi connectivity index (χ0n) is 14.3. The van der Waals surface area contributed by atoms with E-state index in [0.29, 0.717) is 36.2 Å². The van der Waals surface area contributed by atoms with Crippen LogP contribution in [0.5, 0.6) is 5.75 Å². The fourth-order valence-electron chi connectivity index (χ4n) is 2.85. The Bertz CT molecular complexity index is 909. The number of nitrogens with two attached hydrogens (primary N) is 1. The number of H-pyrrole nitrogens is 1. The number of hydrogen-bond acceptors (Lipinski definition) is 4. The quantitative estimate of drug-likeness (QED) is 0.681. The van der Waals surface area contributed by atoms with Gasteiger partial charge in [0.05, 0.1) is 24.1 Å². The standard InChI is InChI=1S/C19H19FN4O2/c1-26-17-10-12(4-6-14(17)20)5-7-15-18(19(21)25)16(24-23-15)9-13-3-2-8-22-11-13/h2-4,6,8,10-11H,5,7,9H2,1H3,(H2,21,25)(H,23,24). The number of aromatic nitrogens is 3. The summed E-state index contributed by atoms with van der Waals surface area (Å²) in [5.74, 6) is -0.742. The van der Waals surface area contributed by atoms with Gasteiger partial charge in [-0.2, -0.15) is 5.10 Å². The number of rotatable bonds is 7. The van der Waals surface area contributed by atoms with Gasteiger partial charge in [0, 0.05) is 18.8 Å². The average Bonchev–Trinajstić information content (AvgIpc) is 3.04. The molecule has 3 N–H and O–H groups in total. The van der Waals surface area contributed by atoms with Crippen molar-refractivity contribution >= 4 is 5.91 Å². The van der Waals surface area contributed by atoms with Crippen LogP contribution in [0.15, 0.2) is 42.7 Å². The molecule has 1 amide bonds. The highest BCUT2D eigenvalue weighted by Crippen LogP contribution is 2.21. The van der Waals surface area contributed by atoms with E-state index in [9.17, 15) is 9.18 Å². The molecule has 0 radical (unpaired) electrons. The lowest BCUT2D eigenvalue weighted by Crippen LogP contribution is -2.15. The van der Waals surface area contributed by atoms with Crippen molar-refractivity contribution in [1.29, 1.82) is 0 Å². The Morgan fingerprint density at radius 1 is 1.27 bits per heavy atom. The average molecular weight is 354 g/mol. The summed E-state index contributed by atoms with van der Waals surface area (Å²) in [6.07, 6.45) is 4.98. The summed E-state index contributed by atoms with van der Waals surface area (Å²) in [6, 6.07) is 8.44. The minimum absolute atomic E-state index is 0.192. The van der Waals surface area contributed by atoms with E-state index in [4.69, 9.17) is 10.5 Å². The molecule has 26 heavy (non-hydrogen) atoms. The van der Waals surface area contributed by atoms with Crippen LogP contribution in [0.4, 0.5) is 4.39 Å². The van der Waals surface area contributed by atoms with Crippen molar-refractivity contribution in [2.45, 2.75) is 19.3 Å². The van der Waals surface area contributed by atoms with E-state index in [2.05, 4.69) is 15.2 Å². The summed E-state index contributed by atoms with van der Waals surface area (Å²) in [6.45, 7) is 0. The van der Waals surface area contributed by atoms with E-state index < -0.39 is 11.7 Å². The maximum absolute atomic E-state index is 13.5. The maximum atomic E-state index is 13.5. The Kier molecular flexibility index (Phi) is 5.26. The first kappa shape index (κ1) is 17.6. The summed E-state index contributed by atoms with van der Waals surface area (Å²) in [4.78, 5) is 16.0. The van der Waals surface area contributed by atoms with Gasteiger partial charge in [-0.1, -0.05) is 12.1 Å². The van der Waals surface area contributed by atoms with Gasteiger partial charge in [-0.15, -0.1) is 0 Å². The Morgan fingerprint density at radius 3 is 2.81 bits per heavy atom. The van der Waals surface area contributed by atoms with Crippen LogP contribution in [0.3, 0.4) is 0 Å². The van der Waals surface area contributed by atoms with Crippen molar-refractivity contribution in [3.63, 3.8) is 0 Å². The van der Waals surface area contributed by atoms with Crippen molar-refractivity contribution in [3.05, 3.63) is 76.6 Å². The summed E-state index contributed by atoms with van der Waals surface area (Å²) in [5, 5.41) is 7.17. The van der Waals surface area contributed by atoms with Crippen molar-refractivity contribution in [1.82, 2.24) is 15.2 Å². The number of ether oxygens (including phenoxy) is 1. The molecule has 1 aromatic carbocycles. The minimum atomic E-state index is -0.524. The van der Waals surface area contributed by atoms with Gasteiger partial charge in [-0.05, 0) is 42.2 Å². The number of amides is 1. The molecule has 134 valence electrons. The summed E-state index contributed by atoms with van der Waals surface area (Å²) in [5.41, 5.74) is 9.07. The van der Waals surface area contributed by atoms with Crippen molar-refractivity contribution in [2.75, 3.05) is 7.11 Å². The molecule has 6 nitrogen and oxygen atoms in total. The number of benzene rings is 1. The van der Waals surface area contributed by atoms with Crippen LogP contribution >= 0.6 is 0 Å². The highest BCUT2D eigenvalue weighted by Gasteiger charge is 2.18. The molecule has 0 spiro atoms. The summed E-state index contributed by atoms with van der Waals surface area (Å²) >= 11 is 0. The number of halogens is 1. The normalized spacial score (nSPS) is 10.7. The molecule has 0 fully saturated rings. The third kappa shape index (κ3) is 3.88. The molecule has 0 aliphatic carbocycles. The van der Waals surface area contributed by atoms with Crippen LogP contribution in [0, 0.1) is 5.82 Å². The number of carbonyl (C=O) groups is 1. The Morgan fingerprint density at radius 2 is 2.12 bits per heavy atom. The molecule has 3 aromatic rings. The van der Waals surface area contributed by atoms with Gasteiger partial charge in [-0.3, -0.25) is 14.9 Å². The van der Waals surface area contributed by atoms with Crippen LogP contribution in [0.2, 0.25) is 0 Å². The molecule has 2 heterocycles. The number of methoxy groups -OCH3 is 1. The predicted octanol–water partition coefficient (Wildman–Crippen LogP) is 2.43. The van der Waals surface area contributed by atoms with E-state index in [-0.39, 0.29) is 5.75 Å². The molecular weight excluding hydrogens is 335 g/mol. The zero-order chi connectivity index (χ0) is 18.5. The van der Waals surface area contributed by atoms with E-state index in [1.165, 1.54) is 13.2 Å². The molecule has 0 saturated carbocycles. The molecular formula is C19H19FN4O2. The predicted molar refractivity (Wildman–Crippen MR) is 94.5 cm³/mol. The Labute approximate surface area is 150 Å². The highest BCUT2D eigenvalue weighted by molar-refractivity contribution is 5.95. The number of nitrogens with zero attached hydrogens (tertiary/aromatic N) is 2.